The summed E-state index contributed by atoms with van der Waals surface area (Å²) in [6, 6.07) is 11.8. The molecule has 2 aliphatic heterocycles. The molecule has 0 N–H and O–H groups in total. The molecule has 1 saturated heterocycles. The lowest BCUT2D eigenvalue weighted by Crippen LogP contribution is -2.49. The molecule has 2 atom stereocenters. The average molecular weight is 417 g/mol. The largest absolute Gasteiger partial charge is 0.337 e. The van der Waals surface area contributed by atoms with Gasteiger partial charge in [0, 0.05) is 26.1 Å². The van der Waals surface area contributed by atoms with Crippen molar-refractivity contribution in [1.29, 1.82) is 0 Å². The molecule has 0 radical (unpaired) electrons. The highest BCUT2D eigenvalue weighted by Crippen LogP contribution is 2.31. The van der Waals surface area contributed by atoms with Crippen molar-refractivity contribution in [2.24, 2.45) is 0 Å². The van der Waals surface area contributed by atoms with Gasteiger partial charge in [0.2, 0.25) is 15.9 Å². The Hall–Kier alpha value is -2.25. The number of aryl methyl sites for hydroxylation is 2. The number of fused-ring (bicyclic) bond motifs is 1. The summed E-state index contributed by atoms with van der Waals surface area (Å²) in [7, 11) is -3.96. The lowest BCUT2D eigenvalue weighted by molar-refractivity contribution is -0.135. The highest BCUT2D eigenvalue weighted by atomic mass is 32.2. The van der Waals surface area contributed by atoms with Gasteiger partial charge in [0.05, 0.1) is 4.90 Å². The standard InChI is InChI=1S/C22H25FN2O3S/c1-15-7-8-20(11-16(15)2)29(27,28)25-14-19(23)12-21(25)22(26)24-10-9-17-5-3-4-6-18(17)13-24/h3-8,11,19,21H,9-10,12-14H2,1-2H3/t19-,21-/m0/s1. The van der Waals surface area contributed by atoms with E-state index in [2.05, 4.69) is 0 Å². The van der Waals surface area contributed by atoms with E-state index in [1.165, 1.54) is 11.6 Å². The number of hydrogen-bond donors (Lipinski definition) is 0. The second-order valence-corrected chi connectivity index (χ2v) is 9.84. The number of hydrogen-bond acceptors (Lipinski definition) is 3. The first kappa shape index (κ1) is 20.0. The van der Waals surface area contributed by atoms with Gasteiger partial charge in [-0.1, -0.05) is 30.3 Å². The van der Waals surface area contributed by atoms with Gasteiger partial charge in [-0.25, -0.2) is 12.8 Å². The first-order chi connectivity index (χ1) is 13.8. The molecule has 0 saturated carbocycles. The Labute approximate surface area is 171 Å². The molecule has 2 aromatic rings. The third-order valence-electron chi connectivity index (χ3n) is 6.02. The van der Waals surface area contributed by atoms with Crippen molar-refractivity contribution in [2.75, 3.05) is 13.1 Å². The number of alkyl halides is 1. The normalized spacial score (nSPS) is 22.5. The van der Waals surface area contributed by atoms with E-state index in [4.69, 9.17) is 0 Å². The minimum Gasteiger partial charge on any atom is -0.337 e. The maximum Gasteiger partial charge on any atom is 0.243 e. The van der Waals surface area contributed by atoms with Crippen molar-refractivity contribution >= 4 is 15.9 Å². The zero-order valence-corrected chi connectivity index (χ0v) is 17.5. The smallest absolute Gasteiger partial charge is 0.243 e. The highest BCUT2D eigenvalue weighted by molar-refractivity contribution is 7.89. The zero-order valence-electron chi connectivity index (χ0n) is 16.6. The van der Waals surface area contributed by atoms with Gasteiger partial charge < -0.3 is 4.90 Å². The number of amides is 1. The molecular weight excluding hydrogens is 391 g/mol. The molecule has 1 fully saturated rings. The molecule has 5 nitrogen and oxygen atoms in total. The fourth-order valence-electron chi connectivity index (χ4n) is 4.15. The van der Waals surface area contributed by atoms with E-state index in [1.807, 2.05) is 38.1 Å². The highest BCUT2D eigenvalue weighted by Gasteiger charge is 2.45. The predicted molar refractivity (Wildman–Crippen MR) is 109 cm³/mol. The van der Waals surface area contributed by atoms with Crippen LogP contribution in [0.5, 0.6) is 0 Å². The van der Waals surface area contributed by atoms with Gasteiger partial charge in [0.15, 0.2) is 0 Å². The molecule has 0 spiro atoms. The summed E-state index contributed by atoms with van der Waals surface area (Å²) in [6.45, 7) is 4.40. The molecule has 29 heavy (non-hydrogen) atoms. The third kappa shape index (κ3) is 3.69. The Kier molecular flexibility index (Phi) is 5.21. The molecule has 2 aromatic carbocycles. The van der Waals surface area contributed by atoms with Crippen molar-refractivity contribution in [3.05, 3.63) is 64.7 Å². The van der Waals surface area contributed by atoms with E-state index in [0.717, 1.165) is 27.4 Å². The van der Waals surface area contributed by atoms with Gasteiger partial charge in [0.25, 0.3) is 0 Å². The summed E-state index contributed by atoms with van der Waals surface area (Å²) >= 11 is 0. The van der Waals surface area contributed by atoms with Crippen LogP contribution in [0.4, 0.5) is 4.39 Å². The van der Waals surface area contributed by atoms with Gasteiger partial charge >= 0.3 is 0 Å². The molecule has 0 bridgehead atoms. The summed E-state index contributed by atoms with van der Waals surface area (Å²) < 4.78 is 41.8. The fourth-order valence-corrected chi connectivity index (χ4v) is 5.86. The lowest BCUT2D eigenvalue weighted by Gasteiger charge is -2.33. The first-order valence-electron chi connectivity index (χ1n) is 9.86. The molecule has 1 amide bonds. The molecule has 0 aliphatic carbocycles. The maximum absolute atomic E-state index is 14.3. The van der Waals surface area contributed by atoms with E-state index in [9.17, 15) is 17.6 Å². The van der Waals surface area contributed by atoms with Gasteiger partial charge in [0.1, 0.15) is 12.2 Å². The van der Waals surface area contributed by atoms with Crippen LogP contribution in [-0.4, -0.2) is 48.8 Å². The molecule has 0 aromatic heterocycles. The summed E-state index contributed by atoms with van der Waals surface area (Å²) in [5.41, 5.74) is 4.09. The number of nitrogens with zero attached hydrogens (tertiary/aromatic N) is 2. The lowest BCUT2D eigenvalue weighted by atomic mass is 9.99. The Morgan fingerprint density at radius 2 is 1.79 bits per heavy atom. The quantitative estimate of drug-likeness (QED) is 0.773. The van der Waals surface area contributed by atoms with Crippen LogP contribution >= 0.6 is 0 Å². The summed E-state index contributed by atoms with van der Waals surface area (Å²) in [4.78, 5) is 15.0. The number of carbonyl (C=O) groups excluding carboxylic acids is 1. The minimum absolute atomic E-state index is 0.0962. The number of benzene rings is 2. The van der Waals surface area contributed by atoms with E-state index < -0.39 is 22.2 Å². The minimum atomic E-state index is -3.96. The molecule has 4 rings (SSSR count). The van der Waals surface area contributed by atoms with Crippen LogP contribution in [-0.2, 0) is 27.8 Å². The van der Waals surface area contributed by atoms with Crippen molar-refractivity contribution in [2.45, 2.75) is 50.3 Å². The Balaban J connectivity index is 1.61. The molecule has 2 aliphatic rings. The van der Waals surface area contributed by atoms with Crippen LogP contribution in [0.1, 0.15) is 28.7 Å². The second-order valence-electron chi connectivity index (χ2n) is 7.95. The first-order valence-corrected chi connectivity index (χ1v) is 11.3. The van der Waals surface area contributed by atoms with Gasteiger partial charge in [-0.2, -0.15) is 4.31 Å². The van der Waals surface area contributed by atoms with Crippen LogP contribution in [0.3, 0.4) is 0 Å². The number of sulfonamides is 1. The van der Waals surface area contributed by atoms with Gasteiger partial charge in [-0.3, -0.25) is 4.79 Å². The fraction of sp³-hybridized carbons (Fsp3) is 0.409. The molecule has 0 unspecified atom stereocenters. The Morgan fingerprint density at radius 1 is 1.07 bits per heavy atom. The number of halogens is 1. The summed E-state index contributed by atoms with van der Waals surface area (Å²) in [5, 5.41) is 0. The van der Waals surface area contributed by atoms with E-state index in [0.29, 0.717) is 13.1 Å². The van der Waals surface area contributed by atoms with Gasteiger partial charge in [-0.15, -0.1) is 0 Å². The monoisotopic (exact) mass is 416 g/mol. The Bertz CT molecular complexity index is 1050. The molecule has 2 heterocycles. The van der Waals surface area contributed by atoms with E-state index in [1.54, 1.807) is 17.0 Å². The second kappa shape index (κ2) is 7.54. The molecule has 7 heteroatoms. The van der Waals surface area contributed by atoms with Crippen LogP contribution in [0.2, 0.25) is 0 Å². The van der Waals surface area contributed by atoms with Crippen molar-refractivity contribution < 1.29 is 17.6 Å². The number of rotatable bonds is 3. The molecular formula is C22H25FN2O3S. The summed E-state index contributed by atoms with van der Waals surface area (Å²) in [5.74, 6) is -0.313. The topological polar surface area (TPSA) is 57.7 Å². The van der Waals surface area contributed by atoms with Crippen molar-refractivity contribution in [3.63, 3.8) is 0 Å². The van der Waals surface area contributed by atoms with Crippen LogP contribution in [0.15, 0.2) is 47.4 Å². The van der Waals surface area contributed by atoms with E-state index in [-0.39, 0.29) is 23.8 Å². The van der Waals surface area contributed by atoms with Crippen LogP contribution in [0, 0.1) is 13.8 Å². The van der Waals surface area contributed by atoms with Crippen LogP contribution in [0.25, 0.3) is 0 Å². The third-order valence-corrected chi connectivity index (χ3v) is 7.89. The zero-order chi connectivity index (χ0) is 20.8. The van der Waals surface area contributed by atoms with E-state index >= 15 is 0 Å². The number of carbonyl (C=O) groups is 1. The Morgan fingerprint density at radius 3 is 2.52 bits per heavy atom. The average Bonchev–Trinajstić information content (AvgIpc) is 3.11. The van der Waals surface area contributed by atoms with Crippen molar-refractivity contribution in [1.82, 2.24) is 9.21 Å². The predicted octanol–water partition coefficient (Wildman–Crippen LogP) is 2.99. The SMILES string of the molecule is Cc1ccc(S(=O)(=O)N2C[C@@H](F)C[C@H]2C(=O)N2CCc3ccccc3C2)cc1C. The van der Waals surface area contributed by atoms with Gasteiger partial charge in [-0.05, 0) is 54.7 Å². The van der Waals surface area contributed by atoms with Crippen LogP contribution < -0.4 is 0 Å². The maximum atomic E-state index is 14.3. The molecule has 154 valence electrons. The van der Waals surface area contributed by atoms with Crippen molar-refractivity contribution in [3.8, 4) is 0 Å². The summed E-state index contributed by atoms with van der Waals surface area (Å²) in [6.07, 6.45) is -0.721.